The molecule has 5 rings (SSSR count). The lowest BCUT2D eigenvalue weighted by molar-refractivity contribution is 0.103. The van der Waals surface area contributed by atoms with E-state index >= 15 is 0 Å². The zero-order valence-electron chi connectivity index (χ0n) is 19.5. The third-order valence-corrected chi connectivity index (χ3v) is 9.41. The molecule has 0 atom stereocenters. The third kappa shape index (κ3) is 5.76. The first-order valence-corrected chi connectivity index (χ1v) is 14.2. The Labute approximate surface area is 224 Å². The zero-order chi connectivity index (χ0) is 24.7. The Hall–Kier alpha value is -3.24. The fourth-order valence-corrected chi connectivity index (χ4v) is 7.23. The highest BCUT2D eigenvalue weighted by Gasteiger charge is 2.28. The summed E-state index contributed by atoms with van der Waals surface area (Å²) in [7, 11) is -0.152. The first-order chi connectivity index (χ1) is 17.7. The molecule has 0 radical (unpaired) electrons. The molecule has 0 aromatic heterocycles. The van der Waals surface area contributed by atoms with Crippen molar-refractivity contribution in [3.8, 4) is 0 Å². The van der Waals surface area contributed by atoms with E-state index in [1.807, 2.05) is 42.5 Å². The lowest BCUT2D eigenvalue weighted by Crippen LogP contribution is -2.04. The quantitative estimate of drug-likeness (QED) is 0.115. The number of hydrogen-bond donors (Lipinski definition) is 0. The Kier molecular flexibility index (Phi) is 7.92. The molecule has 0 spiro atoms. The summed E-state index contributed by atoms with van der Waals surface area (Å²) in [6, 6.07) is 45.1. The second kappa shape index (κ2) is 11.7. The highest BCUT2D eigenvalue weighted by Crippen LogP contribution is 2.33. The smallest absolute Gasteiger partial charge is 0.193 e. The molecule has 5 aromatic carbocycles. The molecule has 0 saturated heterocycles. The molecule has 0 aliphatic carbocycles. The second-order valence-electron chi connectivity index (χ2n) is 8.19. The predicted octanol–water partition coefficient (Wildman–Crippen LogP) is 8.96. The Morgan fingerprint density at radius 2 is 1.14 bits per heavy atom. The Morgan fingerprint density at radius 1 is 0.611 bits per heavy atom. The van der Waals surface area contributed by atoms with Crippen molar-refractivity contribution in [1.82, 2.24) is 0 Å². The van der Waals surface area contributed by atoms with E-state index in [-0.39, 0.29) is 16.7 Å². The molecular formula is C32H24ClOS2+. The van der Waals surface area contributed by atoms with Crippen LogP contribution in [0.25, 0.3) is 0 Å². The molecular weight excluding hydrogens is 500 g/mol. The highest BCUT2D eigenvalue weighted by atomic mass is 35.5. The largest absolute Gasteiger partial charge is 0.289 e. The van der Waals surface area contributed by atoms with Gasteiger partial charge >= 0.3 is 0 Å². The molecule has 176 valence electrons. The van der Waals surface area contributed by atoms with Crippen molar-refractivity contribution in [3.05, 3.63) is 155 Å². The zero-order valence-corrected chi connectivity index (χ0v) is 21.9. The van der Waals surface area contributed by atoms with Gasteiger partial charge in [0.1, 0.15) is 0 Å². The molecule has 0 bridgehead atoms. The molecule has 0 unspecified atom stereocenters. The van der Waals surface area contributed by atoms with Crippen LogP contribution in [-0.2, 0) is 16.6 Å². The van der Waals surface area contributed by atoms with E-state index in [1.165, 1.54) is 19.6 Å². The van der Waals surface area contributed by atoms with E-state index in [1.54, 1.807) is 17.8 Å². The van der Waals surface area contributed by atoms with Gasteiger partial charge < -0.3 is 0 Å². The Bertz CT molecular complexity index is 1400. The lowest BCUT2D eigenvalue weighted by Gasteiger charge is -2.09. The molecule has 1 nitrogen and oxygen atoms in total. The Morgan fingerprint density at radius 3 is 1.69 bits per heavy atom. The molecule has 0 fully saturated rings. The predicted molar refractivity (Wildman–Crippen MR) is 152 cm³/mol. The van der Waals surface area contributed by atoms with E-state index in [9.17, 15) is 4.79 Å². The summed E-state index contributed by atoms with van der Waals surface area (Å²) >= 11 is 8.31. The van der Waals surface area contributed by atoms with Crippen LogP contribution in [0.2, 0.25) is 5.02 Å². The fourth-order valence-electron chi connectivity index (χ4n) is 3.92. The molecule has 0 N–H and O–H groups in total. The van der Waals surface area contributed by atoms with Crippen molar-refractivity contribution in [2.75, 3.05) is 0 Å². The summed E-state index contributed by atoms with van der Waals surface area (Å²) in [4.78, 5) is 17.8. The minimum atomic E-state index is -0.152. The van der Waals surface area contributed by atoms with Crippen LogP contribution in [0.15, 0.2) is 153 Å². The number of ketones is 1. The number of carbonyl (C=O) groups is 1. The first kappa shape index (κ1) is 24.5. The maximum absolute atomic E-state index is 12.7. The molecule has 5 aromatic rings. The van der Waals surface area contributed by atoms with Gasteiger partial charge in [-0.1, -0.05) is 90.5 Å². The van der Waals surface area contributed by atoms with Gasteiger partial charge in [-0.15, -0.1) is 11.8 Å². The minimum absolute atomic E-state index is 0.0143. The number of hydrogen-bond acceptors (Lipinski definition) is 2. The van der Waals surface area contributed by atoms with E-state index in [4.69, 9.17) is 11.6 Å². The van der Waals surface area contributed by atoms with E-state index in [0.717, 1.165) is 11.3 Å². The number of benzene rings is 5. The molecule has 0 aliphatic heterocycles. The molecule has 4 heteroatoms. The first-order valence-electron chi connectivity index (χ1n) is 11.6. The molecule has 0 saturated carbocycles. The number of rotatable bonds is 8. The fraction of sp³-hybridized carbons (Fsp3) is 0.0312. The van der Waals surface area contributed by atoms with Crippen LogP contribution in [0.3, 0.4) is 0 Å². The number of thioether (sulfide) groups is 1. The maximum Gasteiger partial charge on any atom is 0.193 e. The SMILES string of the molecule is O=C(c1ccccc1)c1ccc(CSc2ccc([S+](c3ccccc3)c3ccccc3)cc2)c(Cl)c1. The van der Waals surface area contributed by atoms with Gasteiger partial charge in [0.25, 0.3) is 0 Å². The van der Waals surface area contributed by atoms with Gasteiger partial charge in [-0.05, 0) is 60.2 Å². The van der Waals surface area contributed by atoms with E-state index in [0.29, 0.717) is 16.1 Å². The lowest BCUT2D eigenvalue weighted by atomic mass is 10.0. The van der Waals surface area contributed by atoms with Gasteiger partial charge in [0.05, 0.1) is 10.9 Å². The van der Waals surface area contributed by atoms with Crippen molar-refractivity contribution >= 4 is 40.0 Å². The van der Waals surface area contributed by atoms with Crippen LogP contribution in [0.4, 0.5) is 0 Å². The summed E-state index contributed by atoms with van der Waals surface area (Å²) < 4.78 is 0. The second-order valence-corrected chi connectivity index (χ2v) is 11.7. The normalized spacial score (nSPS) is 10.9. The van der Waals surface area contributed by atoms with Crippen LogP contribution in [0.1, 0.15) is 21.5 Å². The maximum atomic E-state index is 12.7. The molecule has 36 heavy (non-hydrogen) atoms. The van der Waals surface area contributed by atoms with E-state index in [2.05, 4.69) is 84.9 Å². The van der Waals surface area contributed by atoms with Gasteiger partial charge in [0, 0.05) is 26.8 Å². The standard InChI is InChI=1S/C32H24ClOS2/c33-31-22-25(32(34)24-10-4-1-5-11-24)16-17-26(31)23-35-27-18-20-30(21-19-27)36(28-12-6-2-7-13-28)29-14-8-3-9-15-29/h1-22H,23H2/q+1. The minimum Gasteiger partial charge on any atom is -0.289 e. The topological polar surface area (TPSA) is 17.1 Å². The Balaban J connectivity index is 1.30. The number of halogens is 1. The van der Waals surface area contributed by atoms with Crippen molar-refractivity contribution in [2.24, 2.45) is 0 Å². The average Bonchev–Trinajstić information content (AvgIpc) is 2.94. The van der Waals surface area contributed by atoms with Crippen molar-refractivity contribution in [1.29, 1.82) is 0 Å². The van der Waals surface area contributed by atoms with Crippen LogP contribution in [-0.4, -0.2) is 5.78 Å². The van der Waals surface area contributed by atoms with Gasteiger partial charge in [-0.25, -0.2) is 0 Å². The van der Waals surface area contributed by atoms with Crippen LogP contribution in [0.5, 0.6) is 0 Å². The van der Waals surface area contributed by atoms with Crippen LogP contribution in [0, 0.1) is 0 Å². The summed E-state index contributed by atoms with van der Waals surface area (Å²) in [5, 5.41) is 0.621. The van der Waals surface area contributed by atoms with E-state index < -0.39 is 0 Å². The van der Waals surface area contributed by atoms with Gasteiger partial charge in [0.15, 0.2) is 20.5 Å². The summed E-state index contributed by atoms with van der Waals surface area (Å²) in [6.07, 6.45) is 0. The van der Waals surface area contributed by atoms with Crippen LogP contribution < -0.4 is 0 Å². The van der Waals surface area contributed by atoms with Crippen molar-refractivity contribution in [2.45, 2.75) is 25.3 Å². The molecule has 0 aliphatic rings. The van der Waals surface area contributed by atoms with Gasteiger partial charge in [0.2, 0.25) is 0 Å². The van der Waals surface area contributed by atoms with Crippen LogP contribution >= 0.6 is 23.4 Å². The summed E-state index contributed by atoms with van der Waals surface area (Å²) in [6.45, 7) is 0. The monoisotopic (exact) mass is 523 g/mol. The number of carbonyl (C=O) groups excluding carboxylic acids is 1. The molecule has 0 heterocycles. The van der Waals surface area contributed by atoms with Gasteiger partial charge in [-0.2, -0.15) is 0 Å². The highest BCUT2D eigenvalue weighted by molar-refractivity contribution is 7.98. The summed E-state index contributed by atoms with van der Waals surface area (Å²) in [5.74, 6) is 0.723. The van der Waals surface area contributed by atoms with Gasteiger partial charge in [-0.3, -0.25) is 4.79 Å². The van der Waals surface area contributed by atoms with Crippen molar-refractivity contribution < 1.29 is 4.79 Å². The third-order valence-electron chi connectivity index (χ3n) is 5.76. The van der Waals surface area contributed by atoms with Crippen molar-refractivity contribution in [3.63, 3.8) is 0 Å². The average molecular weight is 524 g/mol. The summed E-state index contributed by atoms with van der Waals surface area (Å²) in [5.41, 5.74) is 2.29. The molecule has 0 amide bonds.